The van der Waals surface area contributed by atoms with Crippen LogP contribution >= 0.6 is 11.6 Å². The van der Waals surface area contributed by atoms with Crippen LogP contribution in [0, 0.1) is 0 Å². The molecule has 1 aromatic heterocycles. The molecule has 0 aliphatic heterocycles. The third-order valence-corrected chi connectivity index (χ3v) is 6.53. The lowest BCUT2D eigenvalue weighted by molar-refractivity contribution is -0.121. The number of fused-ring (bicyclic) bond motifs is 1. The number of nitrogens with zero attached hydrogens (tertiary/aromatic N) is 2. The third-order valence-electron chi connectivity index (χ3n) is 6.16. The van der Waals surface area contributed by atoms with Crippen LogP contribution in [0.15, 0.2) is 103 Å². The number of hydrogen-bond acceptors (Lipinski definition) is 2. The highest BCUT2D eigenvalue weighted by atomic mass is 35.5. The number of para-hydroxylation sites is 2. The number of aromatic nitrogens is 2. The fraction of sp³-hybridized carbons (Fsp3) is 0.133. The van der Waals surface area contributed by atoms with Gasteiger partial charge in [0.15, 0.2) is 0 Å². The Morgan fingerprint density at radius 2 is 1.51 bits per heavy atom. The van der Waals surface area contributed by atoms with E-state index in [2.05, 4.69) is 34.1 Å². The third kappa shape index (κ3) is 5.13. The zero-order valence-electron chi connectivity index (χ0n) is 19.5. The first kappa shape index (κ1) is 22.9. The van der Waals surface area contributed by atoms with Crippen LogP contribution in [0.2, 0.25) is 5.02 Å². The van der Waals surface area contributed by atoms with Gasteiger partial charge in [0, 0.05) is 5.02 Å². The van der Waals surface area contributed by atoms with E-state index >= 15 is 0 Å². The summed E-state index contributed by atoms with van der Waals surface area (Å²) in [6, 6.07) is 33.9. The van der Waals surface area contributed by atoms with Crippen LogP contribution in [0.25, 0.3) is 22.2 Å². The minimum atomic E-state index is -0.263. The summed E-state index contributed by atoms with van der Waals surface area (Å²) in [4.78, 5) is 17.8. The maximum absolute atomic E-state index is 12.9. The van der Waals surface area contributed by atoms with Gasteiger partial charge in [-0.1, -0.05) is 96.5 Å². The van der Waals surface area contributed by atoms with Crippen LogP contribution in [0.4, 0.5) is 0 Å². The Bertz CT molecular complexity index is 1460. The van der Waals surface area contributed by atoms with E-state index in [-0.39, 0.29) is 11.9 Å². The van der Waals surface area contributed by atoms with Crippen molar-refractivity contribution in [2.75, 3.05) is 0 Å². The summed E-state index contributed by atoms with van der Waals surface area (Å²) in [5.74, 6) is 0.764. The zero-order valence-corrected chi connectivity index (χ0v) is 20.2. The molecule has 0 bridgehead atoms. The predicted octanol–water partition coefficient (Wildman–Crippen LogP) is 6.82. The minimum absolute atomic E-state index is 0.0405. The Balaban J connectivity index is 1.33. The van der Waals surface area contributed by atoms with Gasteiger partial charge in [-0.15, -0.1) is 0 Å². The topological polar surface area (TPSA) is 46.9 Å². The Hall–Kier alpha value is -3.89. The molecule has 1 atom stereocenters. The number of carbonyl (C=O) groups is 1. The van der Waals surface area contributed by atoms with E-state index in [0.717, 1.165) is 39.1 Å². The van der Waals surface area contributed by atoms with Gasteiger partial charge in [-0.3, -0.25) is 4.79 Å². The van der Waals surface area contributed by atoms with Crippen molar-refractivity contribution in [1.29, 1.82) is 0 Å². The molecule has 0 aliphatic rings. The lowest BCUT2D eigenvalue weighted by atomic mass is 10.0. The molecule has 1 N–H and O–H groups in total. The van der Waals surface area contributed by atoms with Crippen LogP contribution in [0.1, 0.15) is 29.9 Å². The molecule has 1 unspecified atom stereocenters. The first-order valence-electron chi connectivity index (χ1n) is 11.7. The molecule has 1 amide bonds. The van der Waals surface area contributed by atoms with E-state index in [1.807, 2.05) is 85.8 Å². The summed E-state index contributed by atoms with van der Waals surface area (Å²) >= 11 is 6.45. The molecule has 1 heterocycles. The highest BCUT2D eigenvalue weighted by Crippen LogP contribution is 2.25. The molecule has 0 radical (unpaired) electrons. The smallest absolute Gasteiger partial charge is 0.224 e. The average Bonchev–Trinajstić information content (AvgIpc) is 3.25. The Labute approximate surface area is 210 Å². The molecule has 4 aromatic carbocycles. The molecule has 0 saturated heterocycles. The lowest BCUT2D eigenvalue weighted by Crippen LogP contribution is -2.30. The molecule has 0 spiro atoms. The van der Waals surface area contributed by atoms with Crippen LogP contribution < -0.4 is 5.32 Å². The van der Waals surface area contributed by atoms with E-state index in [1.54, 1.807) is 0 Å². The first-order valence-corrected chi connectivity index (χ1v) is 12.1. The van der Waals surface area contributed by atoms with Gasteiger partial charge in [-0.25, -0.2) is 4.98 Å². The Morgan fingerprint density at radius 3 is 2.29 bits per heavy atom. The SMILES string of the molecule is CC(NC(=O)Cc1ccc(-c2ccccc2)cc1)c1nc2ccccc2n1Cc1ccccc1Cl. The van der Waals surface area contributed by atoms with Crippen LogP contribution in [0.3, 0.4) is 0 Å². The van der Waals surface area contributed by atoms with Gasteiger partial charge in [0.25, 0.3) is 0 Å². The molecule has 35 heavy (non-hydrogen) atoms. The van der Waals surface area contributed by atoms with Crippen LogP contribution in [0.5, 0.6) is 0 Å². The maximum Gasteiger partial charge on any atom is 0.224 e. The minimum Gasteiger partial charge on any atom is -0.346 e. The van der Waals surface area contributed by atoms with Crippen molar-refractivity contribution in [3.8, 4) is 11.1 Å². The summed E-state index contributed by atoms with van der Waals surface area (Å²) in [6.07, 6.45) is 0.310. The van der Waals surface area contributed by atoms with Crippen molar-refractivity contribution in [2.24, 2.45) is 0 Å². The molecule has 5 rings (SSSR count). The molecule has 0 aliphatic carbocycles. The van der Waals surface area contributed by atoms with E-state index in [9.17, 15) is 4.79 Å². The molecule has 5 aromatic rings. The van der Waals surface area contributed by atoms with Gasteiger partial charge in [0.2, 0.25) is 5.91 Å². The number of carbonyl (C=O) groups excluding carboxylic acids is 1. The number of nitrogens with one attached hydrogen (secondary N) is 1. The monoisotopic (exact) mass is 479 g/mol. The average molecular weight is 480 g/mol. The maximum atomic E-state index is 12.9. The largest absolute Gasteiger partial charge is 0.346 e. The quantitative estimate of drug-likeness (QED) is 0.278. The van der Waals surface area contributed by atoms with Crippen molar-refractivity contribution < 1.29 is 4.79 Å². The fourth-order valence-corrected chi connectivity index (χ4v) is 4.57. The fourth-order valence-electron chi connectivity index (χ4n) is 4.38. The summed E-state index contributed by atoms with van der Waals surface area (Å²) in [5.41, 5.74) is 6.19. The van der Waals surface area contributed by atoms with Gasteiger partial charge >= 0.3 is 0 Å². The van der Waals surface area contributed by atoms with Crippen molar-refractivity contribution in [3.63, 3.8) is 0 Å². The van der Waals surface area contributed by atoms with Gasteiger partial charge in [-0.05, 0) is 47.4 Å². The molecule has 174 valence electrons. The second kappa shape index (κ2) is 10.2. The molecular weight excluding hydrogens is 454 g/mol. The number of benzene rings is 4. The van der Waals surface area contributed by atoms with E-state index in [1.165, 1.54) is 0 Å². The highest BCUT2D eigenvalue weighted by Gasteiger charge is 2.19. The van der Waals surface area contributed by atoms with Crippen molar-refractivity contribution >= 4 is 28.5 Å². The number of amides is 1. The second-order valence-corrected chi connectivity index (χ2v) is 9.07. The summed E-state index contributed by atoms with van der Waals surface area (Å²) in [5, 5.41) is 3.85. The normalized spacial score (nSPS) is 11.9. The lowest BCUT2D eigenvalue weighted by Gasteiger charge is -2.17. The van der Waals surface area contributed by atoms with Gasteiger partial charge in [-0.2, -0.15) is 0 Å². The molecule has 0 fully saturated rings. The Kier molecular flexibility index (Phi) is 6.64. The van der Waals surface area contributed by atoms with Gasteiger partial charge < -0.3 is 9.88 Å². The predicted molar refractivity (Wildman–Crippen MR) is 142 cm³/mol. The van der Waals surface area contributed by atoms with Crippen LogP contribution in [-0.4, -0.2) is 15.5 Å². The molecular formula is C30H26ClN3O. The van der Waals surface area contributed by atoms with E-state index in [0.29, 0.717) is 18.0 Å². The van der Waals surface area contributed by atoms with Crippen LogP contribution in [-0.2, 0) is 17.8 Å². The summed E-state index contributed by atoms with van der Waals surface area (Å²) < 4.78 is 2.14. The number of imidazole rings is 1. The number of rotatable bonds is 7. The Morgan fingerprint density at radius 1 is 0.857 bits per heavy atom. The van der Waals surface area contributed by atoms with Crippen molar-refractivity contribution in [1.82, 2.24) is 14.9 Å². The van der Waals surface area contributed by atoms with E-state index in [4.69, 9.17) is 16.6 Å². The second-order valence-electron chi connectivity index (χ2n) is 8.67. The highest BCUT2D eigenvalue weighted by molar-refractivity contribution is 6.31. The number of halogens is 1. The first-order chi connectivity index (χ1) is 17.1. The molecule has 0 saturated carbocycles. The molecule has 5 heteroatoms. The van der Waals surface area contributed by atoms with E-state index < -0.39 is 0 Å². The van der Waals surface area contributed by atoms with Crippen molar-refractivity contribution in [3.05, 3.63) is 125 Å². The zero-order chi connectivity index (χ0) is 24.2. The van der Waals surface area contributed by atoms with Crippen molar-refractivity contribution in [2.45, 2.75) is 25.9 Å². The summed E-state index contributed by atoms with van der Waals surface area (Å²) in [7, 11) is 0. The van der Waals surface area contributed by atoms with Gasteiger partial charge in [0.1, 0.15) is 5.82 Å². The summed E-state index contributed by atoms with van der Waals surface area (Å²) in [6.45, 7) is 2.55. The number of hydrogen-bond donors (Lipinski definition) is 1. The molecule has 4 nitrogen and oxygen atoms in total. The standard InChI is InChI=1S/C30H26ClN3O/c1-21(32-29(35)19-22-15-17-24(18-16-22)23-9-3-2-4-10-23)30-33-27-13-7-8-14-28(27)34(30)20-25-11-5-6-12-26(25)31/h2-18,21H,19-20H2,1H3,(H,32,35). The van der Waals surface area contributed by atoms with Gasteiger partial charge in [0.05, 0.1) is 30.0 Å².